The number of hydroxylamine groups is 2. The van der Waals surface area contributed by atoms with Crippen molar-refractivity contribution >= 4 is 5.91 Å². The Labute approximate surface area is 79.2 Å². The molecule has 13 heavy (non-hydrogen) atoms. The average Bonchev–Trinajstić information content (AvgIpc) is 2.66. The standard InChI is InChI=1S/C9H18N2O2/c1-3-8(2)10-7-9(12)11-5-4-6-13-11/h8,10H,3-7H2,1-2H3. The van der Waals surface area contributed by atoms with Gasteiger partial charge in [0.25, 0.3) is 5.91 Å². The highest BCUT2D eigenvalue weighted by atomic mass is 16.7. The van der Waals surface area contributed by atoms with Crippen molar-refractivity contribution in [3.8, 4) is 0 Å². The lowest BCUT2D eigenvalue weighted by Gasteiger charge is -2.16. The maximum atomic E-state index is 11.4. The molecule has 1 saturated heterocycles. The quantitative estimate of drug-likeness (QED) is 0.696. The number of nitrogens with zero attached hydrogens (tertiary/aromatic N) is 1. The Morgan fingerprint density at radius 2 is 2.46 bits per heavy atom. The third-order valence-corrected chi connectivity index (χ3v) is 2.24. The van der Waals surface area contributed by atoms with Gasteiger partial charge in [0.1, 0.15) is 0 Å². The van der Waals surface area contributed by atoms with Crippen LogP contribution >= 0.6 is 0 Å². The highest BCUT2D eigenvalue weighted by molar-refractivity contribution is 5.77. The van der Waals surface area contributed by atoms with Gasteiger partial charge in [0.15, 0.2) is 0 Å². The van der Waals surface area contributed by atoms with E-state index in [1.165, 1.54) is 5.06 Å². The molecule has 4 heteroatoms. The number of hydrogen-bond donors (Lipinski definition) is 1. The number of rotatable bonds is 4. The molecule has 76 valence electrons. The summed E-state index contributed by atoms with van der Waals surface area (Å²) in [4.78, 5) is 16.5. The van der Waals surface area contributed by atoms with Crippen molar-refractivity contribution in [3.05, 3.63) is 0 Å². The molecule has 1 N–H and O–H groups in total. The highest BCUT2D eigenvalue weighted by Gasteiger charge is 2.18. The Morgan fingerprint density at radius 3 is 3.00 bits per heavy atom. The molecule has 1 heterocycles. The second kappa shape index (κ2) is 5.19. The van der Waals surface area contributed by atoms with Crippen LogP contribution in [0.1, 0.15) is 26.7 Å². The minimum atomic E-state index is 0.0396. The van der Waals surface area contributed by atoms with Gasteiger partial charge in [-0.3, -0.25) is 9.63 Å². The van der Waals surface area contributed by atoms with Crippen LogP contribution in [-0.4, -0.2) is 36.7 Å². The van der Waals surface area contributed by atoms with E-state index < -0.39 is 0 Å². The van der Waals surface area contributed by atoms with E-state index in [0.717, 1.165) is 19.4 Å². The first kappa shape index (κ1) is 10.5. The van der Waals surface area contributed by atoms with Crippen molar-refractivity contribution < 1.29 is 9.63 Å². The van der Waals surface area contributed by atoms with Crippen LogP contribution in [0.5, 0.6) is 0 Å². The zero-order valence-electron chi connectivity index (χ0n) is 8.38. The second-order valence-corrected chi connectivity index (χ2v) is 3.37. The molecule has 1 amide bonds. The molecule has 0 aromatic carbocycles. The van der Waals surface area contributed by atoms with Gasteiger partial charge in [-0.2, -0.15) is 0 Å². The van der Waals surface area contributed by atoms with Gasteiger partial charge >= 0.3 is 0 Å². The molecular weight excluding hydrogens is 168 g/mol. The Kier molecular flexibility index (Phi) is 4.18. The molecule has 1 aliphatic rings. The summed E-state index contributed by atoms with van der Waals surface area (Å²) >= 11 is 0. The van der Waals surface area contributed by atoms with E-state index in [-0.39, 0.29) is 5.91 Å². The first-order valence-corrected chi connectivity index (χ1v) is 4.90. The van der Waals surface area contributed by atoms with Gasteiger partial charge in [-0.25, -0.2) is 5.06 Å². The zero-order chi connectivity index (χ0) is 9.68. The normalized spacial score (nSPS) is 19.1. The minimum Gasteiger partial charge on any atom is -0.306 e. The first-order chi connectivity index (χ1) is 6.24. The van der Waals surface area contributed by atoms with Crippen LogP contribution in [0.3, 0.4) is 0 Å². The first-order valence-electron chi connectivity index (χ1n) is 4.90. The summed E-state index contributed by atoms with van der Waals surface area (Å²) < 4.78 is 0. The van der Waals surface area contributed by atoms with E-state index in [4.69, 9.17) is 4.84 Å². The van der Waals surface area contributed by atoms with Crippen LogP contribution in [0.4, 0.5) is 0 Å². The van der Waals surface area contributed by atoms with Crippen LogP contribution in [0.25, 0.3) is 0 Å². The zero-order valence-corrected chi connectivity index (χ0v) is 8.38. The molecule has 0 aliphatic carbocycles. The Morgan fingerprint density at radius 1 is 1.69 bits per heavy atom. The van der Waals surface area contributed by atoms with E-state index in [2.05, 4.69) is 19.2 Å². The largest absolute Gasteiger partial charge is 0.306 e. The number of hydrogen-bond acceptors (Lipinski definition) is 3. The van der Waals surface area contributed by atoms with Crippen molar-refractivity contribution in [3.63, 3.8) is 0 Å². The molecule has 1 atom stereocenters. The van der Waals surface area contributed by atoms with Crippen molar-refractivity contribution in [2.24, 2.45) is 0 Å². The molecule has 0 bridgehead atoms. The summed E-state index contributed by atoms with van der Waals surface area (Å²) in [5, 5.41) is 4.59. The summed E-state index contributed by atoms with van der Waals surface area (Å²) in [6.07, 6.45) is 1.99. The molecule has 1 unspecified atom stereocenters. The van der Waals surface area contributed by atoms with Gasteiger partial charge in [0.2, 0.25) is 0 Å². The highest BCUT2D eigenvalue weighted by Crippen LogP contribution is 2.03. The van der Waals surface area contributed by atoms with Crippen LogP contribution in [0.15, 0.2) is 0 Å². The Balaban J connectivity index is 2.16. The number of carbonyl (C=O) groups is 1. The van der Waals surface area contributed by atoms with Crippen molar-refractivity contribution in [1.29, 1.82) is 0 Å². The van der Waals surface area contributed by atoms with Gasteiger partial charge in [-0.05, 0) is 19.8 Å². The van der Waals surface area contributed by atoms with Gasteiger partial charge in [0, 0.05) is 6.04 Å². The lowest BCUT2D eigenvalue weighted by Crippen LogP contribution is -2.38. The summed E-state index contributed by atoms with van der Waals surface area (Å²) in [5.74, 6) is 0.0396. The van der Waals surface area contributed by atoms with Crippen molar-refractivity contribution in [2.75, 3.05) is 19.7 Å². The fraction of sp³-hybridized carbons (Fsp3) is 0.889. The molecular formula is C9H18N2O2. The molecule has 4 nitrogen and oxygen atoms in total. The van der Waals surface area contributed by atoms with E-state index in [1.54, 1.807) is 0 Å². The fourth-order valence-corrected chi connectivity index (χ4v) is 1.14. The maximum absolute atomic E-state index is 11.4. The number of carbonyl (C=O) groups excluding carboxylic acids is 1. The summed E-state index contributed by atoms with van der Waals surface area (Å²) in [5.41, 5.74) is 0. The van der Waals surface area contributed by atoms with Gasteiger partial charge in [-0.1, -0.05) is 6.92 Å². The monoisotopic (exact) mass is 186 g/mol. The summed E-state index contributed by atoms with van der Waals surface area (Å²) in [7, 11) is 0. The van der Waals surface area contributed by atoms with E-state index in [1.807, 2.05) is 0 Å². The van der Waals surface area contributed by atoms with Crippen LogP contribution in [0.2, 0.25) is 0 Å². The second-order valence-electron chi connectivity index (χ2n) is 3.37. The number of nitrogens with one attached hydrogen (secondary N) is 1. The Hall–Kier alpha value is -0.610. The van der Waals surface area contributed by atoms with Gasteiger partial charge in [0.05, 0.1) is 19.7 Å². The molecule has 1 rings (SSSR count). The number of amides is 1. The minimum absolute atomic E-state index is 0.0396. The van der Waals surface area contributed by atoms with Gasteiger partial charge in [-0.15, -0.1) is 0 Å². The predicted octanol–water partition coefficient (Wildman–Crippen LogP) is 0.538. The molecule has 1 fully saturated rings. The lowest BCUT2D eigenvalue weighted by atomic mass is 10.2. The molecule has 0 radical (unpaired) electrons. The SMILES string of the molecule is CCC(C)NCC(=O)N1CCCO1. The van der Waals surface area contributed by atoms with Crippen LogP contribution in [-0.2, 0) is 9.63 Å². The van der Waals surface area contributed by atoms with Crippen molar-refractivity contribution in [1.82, 2.24) is 10.4 Å². The predicted molar refractivity (Wildman–Crippen MR) is 50.0 cm³/mol. The smallest absolute Gasteiger partial charge is 0.260 e. The topological polar surface area (TPSA) is 41.6 Å². The molecule has 0 saturated carbocycles. The third-order valence-electron chi connectivity index (χ3n) is 2.24. The fourth-order valence-electron chi connectivity index (χ4n) is 1.14. The molecule has 1 aliphatic heterocycles. The van der Waals surface area contributed by atoms with Gasteiger partial charge < -0.3 is 5.32 Å². The Bertz CT molecular complexity index is 167. The molecule has 0 aromatic heterocycles. The molecule has 0 aromatic rings. The lowest BCUT2D eigenvalue weighted by molar-refractivity contribution is -0.167. The van der Waals surface area contributed by atoms with E-state index >= 15 is 0 Å². The van der Waals surface area contributed by atoms with E-state index in [0.29, 0.717) is 19.2 Å². The summed E-state index contributed by atoms with van der Waals surface area (Å²) in [6, 6.07) is 0.395. The van der Waals surface area contributed by atoms with Crippen molar-refractivity contribution in [2.45, 2.75) is 32.7 Å². The molecule has 0 spiro atoms. The van der Waals surface area contributed by atoms with Crippen LogP contribution in [0, 0.1) is 0 Å². The average molecular weight is 186 g/mol. The maximum Gasteiger partial charge on any atom is 0.260 e. The summed E-state index contributed by atoms with van der Waals surface area (Å²) in [6.45, 7) is 5.96. The third kappa shape index (κ3) is 3.32. The van der Waals surface area contributed by atoms with E-state index in [9.17, 15) is 4.79 Å². The van der Waals surface area contributed by atoms with Crippen LogP contribution < -0.4 is 5.32 Å².